The molecule has 0 aromatic heterocycles. The van der Waals surface area contributed by atoms with E-state index in [-0.39, 0.29) is 36.0 Å². The summed E-state index contributed by atoms with van der Waals surface area (Å²) in [6.07, 6.45) is -0.571. The Bertz CT molecular complexity index is 948. The van der Waals surface area contributed by atoms with Crippen LogP contribution in [-0.2, 0) is 14.8 Å². The van der Waals surface area contributed by atoms with Gasteiger partial charge in [0.05, 0.1) is 24.7 Å². The number of nitro groups is 1. The van der Waals surface area contributed by atoms with Gasteiger partial charge in [-0.15, -0.1) is 0 Å². The van der Waals surface area contributed by atoms with Crippen molar-refractivity contribution in [1.29, 1.82) is 0 Å². The Kier molecular flexibility index (Phi) is 5.40. The fourth-order valence-corrected chi connectivity index (χ4v) is 4.44. The van der Waals surface area contributed by atoms with Crippen LogP contribution in [0.15, 0.2) is 47.4 Å². The summed E-state index contributed by atoms with van der Waals surface area (Å²) in [5.74, 6) is -0.384. The molecule has 1 fully saturated rings. The molecule has 3 rings (SSSR count). The van der Waals surface area contributed by atoms with Crippen LogP contribution in [0.5, 0.6) is 5.75 Å². The van der Waals surface area contributed by atoms with Crippen molar-refractivity contribution in [1.82, 2.24) is 4.31 Å². The number of nitro benzene ring substituents is 1. The minimum Gasteiger partial charge on any atom is -0.495 e. The molecule has 0 amide bonds. The molecule has 10 heteroatoms. The Labute approximate surface area is 155 Å². The molecule has 0 saturated carbocycles. The molecule has 144 valence electrons. The predicted octanol–water partition coefficient (Wildman–Crippen LogP) is 2.50. The minimum absolute atomic E-state index is 0.000187. The molecule has 0 spiro atoms. The van der Waals surface area contributed by atoms with Gasteiger partial charge in [-0.1, -0.05) is 12.1 Å². The summed E-state index contributed by atoms with van der Waals surface area (Å²) in [4.78, 5) is 10.1. The van der Waals surface area contributed by atoms with Crippen molar-refractivity contribution in [3.63, 3.8) is 0 Å². The van der Waals surface area contributed by atoms with Gasteiger partial charge in [0, 0.05) is 25.2 Å². The highest BCUT2D eigenvalue weighted by atomic mass is 32.2. The smallest absolute Gasteiger partial charge is 0.271 e. The van der Waals surface area contributed by atoms with Crippen molar-refractivity contribution < 1.29 is 27.2 Å². The topological polar surface area (TPSA) is 99.0 Å². The molecular weight excluding hydrogens is 379 g/mol. The lowest BCUT2D eigenvalue weighted by atomic mass is 10.1. The van der Waals surface area contributed by atoms with Gasteiger partial charge in [-0.25, -0.2) is 12.8 Å². The predicted molar refractivity (Wildman–Crippen MR) is 93.5 cm³/mol. The fraction of sp³-hybridized carbons (Fsp3) is 0.294. The minimum atomic E-state index is -4.06. The Balaban J connectivity index is 1.93. The van der Waals surface area contributed by atoms with E-state index < -0.39 is 26.9 Å². The number of benzene rings is 2. The zero-order valence-electron chi connectivity index (χ0n) is 14.4. The number of sulfonamides is 1. The van der Waals surface area contributed by atoms with Gasteiger partial charge >= 0.3 is 0 Å². The largest absolute Gasteiger partial charge is 0.495 e. The van der Waals surface area contributed by atoms with Crippen LogP contribution in [0.25, 0.3) is 0 Å². The molecule has 1 atom stereocenters. The third-order valence-electron chi connectivity index (χ3n) is 4.25. The Morgan fingerprint density at radius 2 is 1.96 bits per heavy atom. The lowest BCUT2D eigenvalue weighted by Gasteiger charge is -2.32. The fourth-order valence-electron chi connectivity index (χ4n) is 2.84. The summed E-state index contributed by atoms with van der Waals surface area (Å²) in [5.41, 5.74) is 0.292. The molecule has 1 aliphatic rings. The molecule has 0 radical (unpaired) electrons. The van der Waals surface area contributed by atoms with Gasteiger partial charge in [-0.3, -0.25) is 10.1 Å². The molecule has 2 aromatic carbocycles. The van der Waals surface area contributed by atoms with Crippen molar-refractivity contribution >= 4 is 15.7 Å². The summed E-state index contributed by atoms with van der Waals surface area (Å²) in [6.45, 7) is 0.226. The monoisotopic (exact) mass is 396 g/mol. The normalized spacial score (nSPS) is 18.2. The van der Waals surface area contributed by atoms with Crippen LogP contribution in [0.2, 0.25) is 0 Å². The second-order valence-electron chi connectivity index (χ2n) is 5.87. The number of nitrogens with zero attached hydrogens (tertiary/aromatic N) is 2. The lowest BCUT2D eigenvalue weighted by Crippen LogP contribution is -2.42. The van der Waals surface area contributed by atoms with E-state index in [2.05, 4.69) is 0 Å². The third-order valence-corrected chi connectivity index (χ3v) is 6.13. The number of hydrogen-bond donors (Lipinski definition) is 0. The van der Waals surface area contributed by atoms with Crippen molar-refractivity contribution in [2.24, 2.45) is 0 Å². The highest BCUT2D eigenvalue weighted by Crippen LogP contribution is 2.33. The van der Waals surface area contributed by atoms with Gasteiger partial charge in [-0.05, 0) is 23.8 Å². The van der Waals surface area contributed by atoms with Crippen LogP contribution in [0.4, 0.5) is 10.1 Å². The maximum atomic E-state index is 13.1. The second-order valence-corrected chi connectivity index (χ2v) is 7.77. The van der Waals surface area contributed by atoms with E-state index in [4.69, 9.17) is 9.47 Å². The van der Waals surface area contributed by atoms with Gasteiger partial charge in [0.1, 0.15) is 16.5 Å². The van der Waals surface area contributed by atoms with Crippen LogP contribution in [0.1, 0.15) is 11.7 Å². The van der Waals surface area contributed by atoms with Gasteiger partial charge in [0.15, 0.2) is 0 Å². The standard InChI is InChI=1S/C17H17FN2O6S/c1-25-15-7-6-14(20(21)22)10-17(15)27(23,24)19-8-9-26-16(11-19)12-2-4-13(18)5-3-12/h2-7,10,16H,8-9,11H2,1H3. The van der Waals surface area contributed by atoms with Crippen LogP contribution in [-0.4, -0.2) is 44.5 Å². The average molecular weight is 396 g/mol. The highest BCUT2D eigenvalue weighted by Gasteiger charge is 2.34. The van der Waals surface area contributed by atoms with Crippen LogP contribution < -0.4 is 4.74 Å². The van der Waals surface area contributed by atoms with Gasteiger partial charge in [-0.2, -0.15) is 4.31 Å². The van der Waals surface area contributed by atoms with E-state index in [1.54, 1.807) is 0 Å². The Morgan fingerprint density at radius 1 is 1.26 bits per heavy atom. The van der Waals surface area contributed by atoms with Gasteiger partial charge in [0.25, 0.3) is 5.69 Å². The molecule has 1 heterocycles. The first-order valence-corrected chi connectivity index (χ1v) is 9.46. The van der Waals surface area contributed by atoms with Crippen molar-refractivity contribution in [2.45, 2.75) is 11.0 Å². The van der Waals surface area contributed by atoms with Crippen molar-refractivity contribution in [3.8, 4) is 5.75 Å². The number of hydrogen-bond acceptors (Lipinski definition) is 6. The maximum Gasteiger partial charge on any atom is 0.271 e. The van der Waals surface area contributed by atoms with E-state index in [0.29, 0.717) is 5.56 Å². The average Bonchev–Trinajstić information content (AvgIpc) is 2.68. The zero-order chi connectivity index (χ0) is 19.6. The summed E-state index contributed by atoms with van der Waals surface area (Å²) in [6, 6.07) is 9.03. The first-order chi connectivity index (χ1) is 12.8. The molecule has 0 aliphatic carbocycles. The molecule has 1 unspecified atom stereocenters. The van der Waals surface area contributed by atoms with Crippen molar-refractivity contribution in [2.75, 3.05) is 26.8 Å². The Hall–Kier alpha value is -2.56. The molecule has 8 nitrogen and oxygen atoms in total. The van der Waals surface area contributed by atoms with Gasteiger partial charge in [0.2, 0.25) is 10.0 Å². The first kappa shape index (κ1) is 19.2. The SMILES string of the molecule is COc1ccc([N+](=O)[O-])cc1S(=O)(=O)N1CCOC(c2ccc(F)cc2)C1. The van der Waals surface area contributed by atoms with Crippen LogP contribution in [0, 0.1) is 15.9 Å². The molecule has 1 aliphatic heterocycles. The molecule has 27 heavy (non-hydrogen) atoms. The maximum absolute atomic E-state index is 13.1. The van der Waals surface area contributed by atoms with E-state index in [1.165, 1.54) is 47.8 Å². The first-order valence-electron chi connectivity index (χ1n) is 8.02. The summed E-state index contributed by atoms with van der Waals surface area (Å²) >= 11 is 0. The highest BCUT2D eigenvalue weighted by molar-refractivity contribution is 7.89. The number of methoxy groups -OCH3 is 1. The summed E-state index contributed by atoms with van der Waals surface area (Å²) < 4.78 is 51.2. The van der Waals surface area contributed by atoms with Crippen LogP contribution >= 0.6 is 0 Å². The molecule has 1 saturated heterocycles. The number of morpholine rings is 1. The molecule has 0 N–H and O–H groups in total. The number of halogens is 1. The lowest BCUT2D eigenvalue weighted by molar-refractivity contribution is -0.385. The molecule has 0 bridgehead atoms. The van der Waals surface area contributed by atoms with E-state index in [9.17, 15) is 22.9 Å². The van der Waals surface area contributed by atoms with E-state index >= 15 is 0 Å². The third kappa shape index (κ3) is 3.92. The number of ether oxygens (including phenoxy) is 2. The van der Waals surface area contributed by atoms with Crippen molar-refractivity contribution in [3.05, 3.63) is 64.0 Å². The summed E-state index contributed by atoms with van der Waals surface area (Å²) in [5, 5.41) is 11.0. The van der Waals surface area contributed by atoms with E-state index in [1.807, 2.05) is 0 Å². The van der Waals surface area contributed by atoms with Crippen LogP contribution in [0.3, 0.4) is 0 Å². The van der Waals surface area contributed by atoms with E-state index in [0.717, 1.165) is 6.07 Å². The second kappa shape index (κ2) is 7.59. The molecule has 2 aromatic rings. The quantitative estimate of drug-likeness (QED) is 0.569. The zero-order valence-corrected chi connectivity index (χ0v) is 15.2. The molecular formula is C17H17FN2O6S. The number of non-ortho nitro benzene ring substituents is 1. The van der Waals surface area contributed by atoms with Gasteiger partial charge < -0.3 is 9.47 Å². The summed E-state index contributed by atoms with van der Waals surface area (Å²) in [7, 11) is -2.77. The number of rotatable bonds is 5. The Morgan fingerprint density at radius 3 is 2.59 bits per heavy atom.